The highest BCUT2D eigenvalue weighted by Gasteiger charge is 2.36. The van der Waals surface area contributed by atoms with Crippen molar-refractivity contribution in [3.05, 3.63) is 29.6 Å². The molecule has 0 spiro atoms. The summed E-state index contributed by atoms with van der Waals surface area (Å²) in [6.45, 7) is 1.22. The minimum atomic E-state index is -1.42. The van der Waals surface area contributed by atoms with E-state index in [2.05, 4.69) is 5.32 Å². The Morgan fingerprint density at radius 1 is 1.43 bits per heavy atom. The minimum Gasteiger partial charge on any atom is -0.344 e. The molecule has 1 atom stereocenters. The van der Waals surface area contributed by atoms with E-state index in [1.54, 1.807) is 0 Å². The highest BCUT2D eigenvalue weighted by atomic mass is 32.2. The van der Waals surface area contributed by atoms with Crippen molar-refractivity contribution in [3.8, 4) is 0 Å². The van der Waals surface area contributed by atoms with Crippen LogP contribution < -0.4 is 10.2 Å². The molecule has 1 N–H and O–H groups in total. The van der Waals surface area contributed by atoms with Crippen molar-refractivity contribution in [1.29, 1.82) is 0 Å². The number of thiocarbonyl (C=S) groups is 1. The van der Waals surface area contributed by atoms with E-state index in [0.717, 1.165) is 11.8 Å². The molecular weight excluding hydrogens is 325 g/mol. The van der Waals surface area contributed by atoms with E-state index in [1.165, 1.54) is 6.92 Å². The maximum Gasteiger partial charge on any atom is 0.256 e. The molecule has 1 heterocycles. The fraction of sp³-hybridized carbons (Fsp3) is 0.250. The lowest BCUT2D eigenvalue weighted by molar-refractivity contribution is -0.125. The third-order valence-electron chi connectivity index (χ3n) is 2.67. The zero-order valence-electron chi connectivity index (χ0n) is 10.7. The van der Waals surface area contributed by atoms with Crippen molar-refractivity contribution in [3.63, 3.8) is 0 Å². The topological polar surface area (TPSA) is 49.4 Å². The van der Waals surface area contributed by atoms with Crippen LogP contribution in [0.4, 0.5) is 18.9 Å². The second-order valence-electron chi connectivity index (χ2n) is 4.22. The molecule has 1 aromatic carbocycles. The van der Waals surface area contributed by atoms with Crippen LogP contribution in [-0.4, -0.2) is 27.9 Å². The van der Waals surface area contributed by atoms with Gasteiger partial charge in [0.2, 0.25) is 5.91 Å². The average Bonchev–Trinajstić information content (AvgIpc) is 2.38. The van der Waals surface area contributed by atoms with Crippen LogP contribution in [0.15, 0.2) is 12.1 Å². The van der Waals surface area contributed by atoms with Crippen molar-refractivity contribution in [2.24, 2.45) is 0 Å². The summed E-state index contributed by atoms with van der Waals surface area (Å²) < 4.78 is 40.3. The second-order valence-corrected chi connectivity index (χ2v) is 5.88. The van der Waals surface area contributed by atoms with Gasteiger partial charge in [0.1, 0.15) is 16.2 Å². The molecule has 2 rings (SSSR count). The Labute approximate surface area is 127 Å². The molecule has 1 fully saturated rings. The number of carbonyl (C=O) groups excluding carboxylic acids is 2. The third kappa shape index (κ3) is 3.18. The maximum absolute atomic E-state index is 13.8. The van der Waals surface area contributed by atoms with E-state index in [-0.39, 0.29) is 10.1 Å². The van der Waals surface area contributed by atoms with Crippen molar-refractivity contribution >= 4 is 45.8 Å². The van der Waals surface area contributed by atoms with Crippen LogP contribution in [0.25, 0.3) is 0 Å². The summed E-state index contributed by atoms with van der Waals surface area (Å²) >= 11 is 5.95. The molecule has 21 heavy (non-hydrogen) atoms. The largest absolute Gasteiger partial charge is 0.344 e. The van der Waals surface area contributed by atoms with E-state index in [0.29, 0.717) is 17.0 Å². The van der Waals surface area contributed by atoms with E-state index in [9.17, 15) is 22.8 Å². The van der Waals surface area contributed by atoms with E-state index in [4.69, 9.17) is 12.2 Å². The van der Waals surface area contributed by atoms with E-state index >= 15 is 0 Å². The van der Waals surface area contributed by atoms with Crippen LogP contribution in [0.5, 0.6) is 0 Å². The average molecular weight is 334 g/mol. The number of hydrogen-bond acceptors (Lipinski definition) is 4. The molecule has 0 saturated carbocycles. The molecule has 1 unspecified atom stereocenters. The van der Waals surface area contributed by atoms with Gasteiger partial charge < -0.3 is 5.32 Å². The van der Waals surface area contributed by atoms with Gasteiger partial charge in [-0.05, 0) is 0 Å². The van der Waals surface area contributed by atoms with Gasteiger partial charge in [-0.3, -0.25) is 14.5 Å². The number of nitrogens with one attached hydrogen (secondary N) is 1. The summed E-state index contributed by atoms with van der Waals surface area (Å²) in [5, 5.41) is 2.38. The molecule has 1 aromatic rings. The summed E-state index contributed by atoms with van der Waals surface area (Å²) in [7, 11) is 0. The lowest BCUT2D eigenvalue weighted by Crippen LogP contribution is -2.54. The number of anilines is 1. The van der Waals surface area contributed by atoms with Crippen molar-refractivity contribution in [2.75, 3.05) is 10.7 Å². The van der Waals surface area contributed by atoms with Gasteiger partial charge in [0.15, 0.2) is 11.6 Å². The van der Waals surface area contributed by atoms with Crippen LogP contribution in [0.3, 0.4) is 0 Å². The first-order valence-corrected chi connectivity index (χ1v) is 7.13. The molecule has 9 heteroatoms. The SMILES string of the molecule is CC(=O)NC1CSC(=S)N(c2cc(F)cc(F)c2F)C1=O. The summed E-state index contributed by atoms with van der Waals surface area (Å²) in [6.07, 6.45) is 0. The van der Waals surface area contributed by atoms with Gasteiger partial charge in [-0.25, -0.2) is 13.2 Å². The molecule has 2 amide bonds. The summed E-state index contributed by atoms with van der Waals surface area (Å²) in [4.78, 5) is 24.0. The second kappa shape index (κ2) is 6.02. The van der Waals surface area contributed by atoms with Gasteiger partial charge in [-0.2, -0.15) is 0 Å². The zero-order chi connectivity index (χ0) is 15.7. The van der Waals surface area contributed by atoms with Gasteiger partial charge in [-0.1, -0.05) is 24.0 Å². The number of nitrogens with zero attached hydrogens (tertiary/aromatic N) is 1. The summed E-state index contributed by atoms with van der Waals surface area (Å²) in [5.74, 6) is -4.85. The lowest BCUT2D eigenvalue weighted by atomic mass is 10.2. The Balaban J connectivity index is 2.43. The molecule has 1 aliphatic heterocycles. The highest BCUT2D eigenvalue weighted by Crippen LogP contribution is 2.30. The molecule has 112 valence electrons. The van der Waals surface area contributed by atoms with Crippen LogP contribution in [0.1, 0.15) is 6.92 Å². The molecule has 1 saturated heterocycles. The normalized spacial score (nSPS) is 18.9. The number of thioether (sulfide) groups is 1. The summed E-state index contributed by atoms with van der Waals surface area (Å²) in [5.41, 5.74) is -0.606. The Hall–Kier alpha value is -1.61. The van der Waals surface area contributed by atoms with Crippen LogP contribution >= 0.6 is 24.0 Å². The predicted octanol–water partition coefficient (Wildman–Crippen LogP) is 1.97. The summed E-state index contributed by atoms with van der Waals surface area (Å²) in [6, 6.07) is 0.110. The monoisotopic (exact) mass is 334 g/mol. The van der Waals surface area contributed by atoms with Gasteiger partial charge in [0.05, 0.1) is 5.69 Å². The first-order valence-electron chi connectivity index (χ1n) is 5.73. The van der Waals surface area contributed by atoms with Crippen LogP contribution in [0, 0.1) is 17.5 Å². The van der Waals surface area contributed by atoms with Gasteiger partial charge in [0.25, 0.3) is 5.91 Å². The number of amides is 2. The Morgan fingerprint density at radius 3 is 2.71 bits per heavy atom. The smallest absolute Gasteiger partial charge is 0.256 e. The number of rotatable bonds is 2. The number of benzene rings is 1. The Morgan fingerprint density at radius 2 is 2.10 bits per heavy atom. The molecule has 4 nitrogen and oxygen atoms in total. The number of halogens is 3. The fourth-order valence-corrected chi connectivity index (χ4v) is 3.05. The van der Waals surface area contributed by atoms with Gasteiger partial charge in [0, 0.05) is 24.8 Å². The quantitative estimate of drug-likeness (QED) is 0.664. The number of carbonyl (C=O) groups is 2. The third-order valence-corrected chi connectivity index (χ3v) is 4.13. The van der Waals surface area contributed by atoms with Crippen molar-refractivity contribution in [1.82, 2.24) is 5.32 Å². The Kier molecular flexibility index (Phi) is 4.52. The van der Waals surface area contributed by atoms with Crippen LogP contribution in [-0.2, 0) is 9.59 Å². The molecule has 1 aliphatic rings. The van der Waals surface area contributed by atoms with E-state index in [1.807, 2.05) is 0 Å². The maximum atomic E-state index is 13.8. The number of hydrogen-bond donors (Lipinski definition) is 1. The van der Waals surface area contributed by atoms with Crippen LogP contribution in [0.2, 0.25) is 0 Å². The zero-order valence-corrected chi connectivity index (χ0v) is 12.3. The van der Waals surface area contributed by atoms with Crippen molar-refractivity contribution < 1.29 is 22.8 Å². The first kappa shape index (κ1) is 15.8. The van der Waals surface area contributed by atoms with Gasteiger partial charge >= 0.3 is 0 Å². The molecule has 0 aliphatic carbocycles. The molecule has 0 aromatic heterocycles. The fourth-order valence-electron chi connectivity index (χ4n) is 1.81. The first-order chi connectivity index (χ1) is 9.81. The van der Waals surface area contributed by atoms with E-state index < -0.39 is 41.0 Å². The van der Waals surface area contributed by atoms with Crippen molar-refractivity contribution in [2.45, 2.75) is 13.0 Å². The Bertz CT molecular complexity index is 639. The molecule has 0 bridgehead atoms. The predicted molar refractivity (Wildman–Crippen MR) is 76.5 cm³/mol. The lowest BCUT2D eigenvalue weighted by Gasteiger charge is -2.32. The standard InChI is InChI=1S/C12H9F3N2O2S2/c1-5(18)16-8-4-21-12(20)17(11(8)19)9-3-6(13)2-7(14)10(9)15/h2-3,8H,4H2,1H3,(H,16,18). The minimum absolute atomic E-state index is 0.0366. The van der Waals surface area contributed by atoms with Gasteiger partial charge in [-0.15, -0.1) is 0 Å². The molecular formula is C12H9F3N2O2S2. The molecule has 0 radical (unpaired) electrons. The highest BCUT2D eigenvalue weighted by molar-refractivity contribution is 8.23.